The minimum Gasteiger partial charge on any atom is -0.493 e. The summed E-state index contributed by atoms with van der Waals surface area (Å²) in [6, 6.07) is 9.29. The highest BCUT2D eigenvalue weighted by atomic mass is 16.5. The summed E-state index contributed by atoms with van der Waals surface area (Å²) < 4.78 is 11.0. The van der Waals surface area contributed by atoms with Crippen LogP contribution in [-0.2, 0) is 0 Å². The number of rotatable bonds is 7. The van der Waals surface area contributed by atoms with Crippen molar-refractivity contribution < 1.29 is 14.6 Å². The molecular weight excluding hydrogens is 332 g/mol. The van der Waals surface area contributed by atoms with E-state index in [9.17, 15) is 5.11 Å². The van der Waals surface area contributed by atoms with Gasteiger partial charge in [-0.05, 0) is 31.2 Å². The Morgan fingerprint density at radius 3 is 2.58 bits per heavy atom. The fourth-order valence-electron chi connectivity index (χ4n) is 3.08. The molecule has 7 heteroatoms. The normalized spacial score (nSPS) is 16.8. The third kappa shape index (κ3) is 5.06. The summed E-state index contributed by atoms with van der Waals surface area (Å²) in [7, 11) is 1.61. The number of aromatic nitrogens is 2. The molecule has 1 aliphatic heterocycles. The monoisotopic (exact) mass is 358 g/mol. The van der Waals surface area contributed by atoms with Crippen LogP contribution in [0.2, 0.25) is 0 Å². The minimum absolute atomic E-state index is 0.238. The molecule has 1 atom stereocenters. The number of aliphatic hydroxyl groups excluding tert-OH is 1. The molecule has 1 N–H and O–H groups in total. The number of benzene rings is 1. The number of β-amino-alcohol motifs (C(OH)–C–C–N with tert-alkyl or cyclic N) is 1. The number of hydrogen-bond donors (Lipinski definition) is 1. The number of nitrogens with zero attached hydrogens (tertiary/aromatic N) is 4. The summed E-state index contributed by atoms with van der Waals surface area (Å²) in [5.74, 6) is 2.10. The predicted octanol–water partition coefficient (Wildman–Crippen LogP) is 1.44. The minimum atomic E-state index is -0.556. The summed E-state index contributed by atoms with van der Waals surface area (Å²) in [4.78, 5) is 13.1. The van der Waals surface area contributed by atoms with Crippen LogP contribution in [0.4, 0.5) is 5.95 Å². The molecule has 0 bridgehead atoms. The van der Waals surface area contributed by atoms with E-state index in [4.69, 9.17) is 9.47 Å². The van der Waals surface area contributed by atoms with Crippen molar-refractivity contribution in [3.05, 3.63) is 42.7 Å². The molecule has 0 aliphatic carbocycles. The molecule has 0 saturated carbocycles. The molecule has 7 nitrogen and oxygen atoms in total. The van der Waals surface area contributed by atoms with Crippen LogP contribution >= 0.6 is 0 Å². The average molecular weight is 358 g/mol. The first kappa shape index (κ1) is 18.4. The maximum absolute atomic E-state index is 10.4. The van der Waals surface area contributed by atoms with Gasteiger partial charge >= 0.3 is 0 Å². The van der Waals surface area contributed by atoms with Crippen molar-refractivity contribution in [2.45, 2.75) is 12.5 Å². The molecule has 0 radical (unpaired) electrons. The highest BCUT2D eigenvalue weighted by Crippen LogP contribution is 2.25. The van der Waals surface area contributed by atoms with Gasteiger partial charge in [0.1, 0.15) is 12.7 Å². The van der Waals surface area contributed by atoms with Crippen molar-refractivity contribution in [1.29, 1.82) is 0 Å². The predicted molar refractivity (Wildman–Crippen MR) is 99.8 cm³/mol. The van der Waals surface area contributed by atoms with Gasteiger partial charge in [-0.1, -0.05) is 12.1 Å². The van der Waals surface area contributed by atoms with Crippen LogP contribution in [-0.4, -0.2) is 72.5 Å². The maximum atomic E-state index is 10.4. The van der Waals surface area contributed by atoms with Crippen molar-refractivity contribution in [3.8, 4) is 11.5 Å². The number of aliphatic hydroxyl groups is 1. The average Bonchev–Trinajstić information content (AvgIpc) is 2.93. The van der Waals surface area contributed by atoms with E-state index < -0.39 is 6.10 Å². The van der Waals surface area contributed by atoms with Gasteiger partial charge in [0.2, 0.25) is 5.95 Å². The van der Waals surface area contributed by atoms with Crippen LogP contribution < -0.4 is 14.4 Å². The topological polar surface area (TPSA) is 71.0 Å². The fraction of sp³-hybridized carbons (Fsp3) is 0.474. The van der Waals surface area contributed by atoms with E-state index >= 15 is 0 Å². The number of anilines is 1. The van der Waals surface area contributed by atoms with Gasteiger partial charge in [-0.15, -0.1) is 0 Å². The third-order valence-corrected chi connectivity index (χ3v) is 4.39. The summed E-state index contributed by atoms with van der Waals surface area (Å²) in [6.45, 7) is 4.40. The third-order valence-electron chi connectivity index (χ3n) is 4.39. The fourth-order valence-corrected chi connectivity index (χ4v) is 3.08. The first-order chi connectivity index (χ1) is 12.8. The van der Waals surface area contributed by atoms with Gasteiger partial charge < -0.3 is 19.5 Å². The van der Waals surface area contributed by atoms with E-state index in [-0.39, 0.29) is 6.61 Å². The lowest BCUT2D eigenvalue weighted by Gasteiger charge is -2.24. The second-order valence-corrected chi connectivity index (χ2v) is 6.31. The Hall–Kier alpha value is -2.38. The quantitative estimate of drug-likeness (QED) is 0.803. The van der Waals surface area contributed by atoms with Gasteiger partial charge in [0.05, 0.1) is 7.11 Å². The molecule has 1 aromatic carbocycles. The van der Waals surface area contributed by atoms with E-state index in [1.807, 2.05) is 30.3 Å². The highest BCUT2D eigenvalue weighted by Gasteiger charge is 2.19. The highest BCUT2D eigenvalue weighted by molar-refractivity contribution is 5.39. The second-order valence-electron chi connectivity index (χ2n) is 6.31. The second kappa shape index (κ2) is 9.35. The van der Waals surface area contributed by atoms with Crippen LogP contribution in [0.15, 0.2) is 42.7 Å². The smallest absolute Gasteiger partial charge is 0.225 e. The van der Waals surface area contributed by atoms with E-state index in [1.165, 1.54) is 0 Å². The summed E-state index contributed by atoms with van der Waals surface area (Å²) in [5.41, 5.74) is 0. The Morgan fingerprint density at radius 2 is 1.81 bits per heavy atom. The van der Waals surface area contributed by atoms with Gasteiger partial charge in [-0.25, -0.2) is 9.97 Å². The van der Waals surface area contributed by atoms with Crippen LogP contribution in [0.3, 0.4) is 0 Å². The molecule has 1 unspecified atom stereocenters. The zero-order valence-corrected chi connectivity index (χ0v) is 15.1. The van der Waals surface area contributed by atoms with Crippen LogP contribution in [0, 0.1) is 0 Å². The molecule has 2 heterocycles. The molecular formula is C19H26N4O3. The molecule has 1 aromatic heterocycles. The Bertz CT molecular complexity index is 671. The van der Waals surface area contributed by atoms with Gasteiger partial charge in [0.25, 0.3) is 0 Å². The van der Waals surface area contributed by atoms with Crippen LogP contribution in [0.1, 0.15) is 6.42 Å². The maximum Gasteiger partial charge on any atom is 0.225 e. The van der Waals surface area contributed by atoms with Crippen molar-refractivity contribution in [2.24, 2.45) is 0 Å². The number of hydrogen-bond acceptors (Lipinski definition) is 7. The molecule has 1 fully saturated rings. The standard InChI is InChI=1S/C19H26N4O3/c1-25-17-6-2-3-7-18(17)26-15-16(24)14-22-10-5-11-23(13-12-22)19-20-8-4-9-21-19/h2-4,6-9,16,24H,5,10-15H2,1H3. The van der Waals surface area contributed by atoms with Crippen LogP contribution in [0.25, 0.3) is 0 Å². The first-order valence-electron chi connectivity index (χ1n) is 8.94. The first-order valence-corrected chi connectivity index (χ1v) is 8.94. The lowest BCUT2D eigenvalue weighted by Crippen LogP contribution is -2.38. The van der Waals surface area contributed by atoms with Gasteiger partial charge in [-0.2, -0.15) is 0 Å². The molecule has 0 amide bonds. The Labute approximate surface area is 154 Å². The van der Waals surface area contributed by atoms with Gasteiger partial charge in [-0.3, -0.25) is 4.90 Å². The van der Waals surface area contributed by atoms with E-state index in [1.54, 1.807) is 19.5 Å². The van der Waals surface area contributed by atoms with Crippen molar-refractivity contribution in [3.63, 3.8) is 0 Å². The molecule has 3 rings (SSSR count). The molecule has 1 saturated heterocycles. The number of para-hydroxylation sites is 2. The number of ether oxygens (including phenoxy) is 2. The molecule has 2 aromatic rings. The molecule has 140 valence electrons. The Balaban J connectivity index is 1.46. The van der Waals surface area contributed by atoms with E-state index in [2.05, 4.69) is 19.8 Å². The summed E-state index contributed by atoms with van der Waals surface area (Å²) in [5, 5.41) is 10.4. The van der Waals surface area contributed by atoms with Crippen LogP contribution in [0.5, 0.6) is 11.5 Å². The summed E-state index contributed by atoms with van der Waals surface area (Å²) in [6.07, 6.45) is 3.99. The van der Waals surface area contributed by atoms with Crippen molar-refractivity contribution in [2.75, 3.05) is 51.3 Å². The Morgan fingerprint density at radius 1 is 1.04 bits per heavy atom. The largest absolute Gasteiger partial charge is 0.493 e. The molecule has 1 aliphatic rings. The zero-order valence-electron chi connectivity index (χ0n) is 15.1. The van der Waals surface area contributed by atoms with E-state index in [0.717, 1.165) is 38.5 Å². The van der Waals surface area contributed by atoms with Gasteiger partial charge in [0, 0.05) is 38.6 Å². The van der Waals surface area contributed by atoms with E-state index in [0.29, 0.717) is 18.0 Å². The lowest BCUT2D eigenvalue weighted by molar-refractivity contribution is 0.0694. The molecule has 0 spiro atoms. The lowest BCUT2D eigenvalue weighted by atomic mass is 10.3. The Kier molecular flexibility index (Phi) is 6.62. The summed E-state index contributed by atoms with van der Waals surface area (Å²) >= 11 is 0. The zero-order chi connectivity index (χ0) is 18.2. The van der Waals surface area contributed by atoms with Crippen molar-refractivity contribution in [1.82, 2.24) is 14.9 Å². The van der Waals surface area contributed by atoms with Gasteiger partial charge in [0.15, 0.2) is 11.5 Å². The number of methoxy groups -OCH3 is 1. The molecule has 26 heavy (non-hydrogen) atoms. The SMILES string of the molecule is COc1ccccc1OCC(O)CN1CCCN(c2ncccn2)CC1. The van der Waals surface area contributed by atoms with Crippen molar-refractivity contribution >= 4 is 5.95 Å².